The molecule has 1 saturated carbocycles. The number of rotatable bonds is 5. The molecule has 4 aromatic heterocycles. The zero-order chi connectivity index (χ0) is 25.8. The van der Waals surface area contributed by atoms with Crippen molar-refractivity contribution in [1.29, 1.82) is 0 Å². The molecule has 2 N–H and O–H groups in total. The van der Waals surface area contributed by atoms with Gasteiger partial charge in [-0.15, -0.1) is 0 Å². The van der Waals surface area contributed by atoms with E-state index in [1.54, 1.807) is 6.33 Å². The van der Waals surface area contributed by atoms with Crippen LogP contribution in [0.4, 0.5) is 0 Å². The van der Waals surface area contributed by atoms with Gasteiger partial charge in [0, 0.05) is 41.3 Å². The van der Waals surface area contributed by atoms with Crippen LogP contribution in [0.5, 0.6) is 0 Å². The van der Waals surface area contributed by atoms with Gasteiger partial charge in [-0.25, -0.2) is 9.50 Å². The lowest BCUT2D eigenvalue weighted by atomic mass is 9.81. The van der Waals surface area contributed by atoms with E-state index in [0.29, 0.717) is 23.3 Å². The summed E-state index contributed by atoms with van der Waals surface area (Å²) < 4.78 is 1.90. The smallest absolute Gasteiger partial charge is 0.158 e. The predicted molar refractivity (Wildman–Crippen MR) is 149 cm³/mol. The molecule has 0 saturated heterocycles. The summed E-state index contributed by atoms with van der Waals surface area (Å²) in [6.45, 7) is 19.2. The van der Waals surface area contributed by atoms with E-state index in [1.807, 2.05) is 4.52 Å². The standard InChI is InChI=1S/C30H42N6/c1-17(2)25-26-20(5)27(21-9-11-22(12-10-21)32-15-30(6,7)8)31-13-24(26)35-28(25)23-14-36-29(33-16-34-36)19(4)18(23)3/h13-14,16-17,21-22,32,35H,9-12,15H2,1-8H3. The first-order chi connectivity index (χ1) is 17.0. The Labute approximate surface area is 215 Å². The summed E-state index contributed by atoms with van der Waals surface area (Å²) in [5.74, 6) is 0.919. The van der Waals surface area contributed by atoms with E-state index in [1.165, 1.54) is 70.3 Å². The Morgan fingerprint density at radius 1 is 1.03 bits per heavy atom. The van der Waals surface area contributed by atoms with Crippen LogP contribution in [0.3, 0.4) is 0 Å². The second-order valence-electron chi connectivity index (χ2n) is 12.4. The summed E-state index contributed by atoms with van der Waals surface area (Å²) in [5, 5.41) is 9.60. The Morgan fingerprint density at radius 3 is 2.42 bits per heavy atom. The van der Waals surface area contributed by atoms with Gasteiger partial charge >= 0.3 is 0 Å². The summed E-state index contributed by atoms with van der Waals surface area (Å²) in [4.78, 5) is 13.3. The van der Waals surface area contributed by atoms with Gasteiger partial charge in [-0.05, 0) is 80.0 Å². The topological polar surface area (TPSA) is 70.9 Å². The number of aromatic nitrogens is 5. The number of hydrogen-bond donors (Lipinski definition) is 2. The van der Waals surface area contributed by atoms with Crippen molar-refractivity contribution in [2.24, 2.45) is 5.41 Å². The number of nitrogens with zero attached hydrogens (tertiary/aromatic N) is 4. The van der Waals surface area contributed by atoms with Crippen molar-refractivity contribution in [2.75, 3.05) is 6.54 Å². The van der Waals surface area contributed by atoms with Gasteiger partial charge in [0.1, 0.15) is 6.33 Å². The molecule has 0 unspecified atom stereocenters. The first-order valence-electron chi connectivity index (χ1n) is 13.6. The Kier molecular flexibility index (Phi) is 6.44. The lowest BCUT2D eigenvalue weighted by molar-refractivity contribution is 0.292. The van der Waals surface area contributed by atoms with Gasteiger partial charge in [-0.1, -0.05) is 34.6 Å². The largest absolute Gasteiger partial charge is 0.353 e. The highest BCUT2D eigenvalue weighted by Gasteiger charge is 2.28. The highest BCUT2D eigenvalue weighted by molar-refractivity contribution is 5.94. The molecule has 0 bridgehead atoms. The number of fused-ring (bicyclic) bond motifs is 2. The number of hydrogen-bond acceptors (Lipinski definition) is 4. The summed E-state index contributed by atoms with van der Waals surface area (Å²) in [6, 6.07) is 0.632. The summed E-state index contributed by atoms with van der Waals surface area (Å²) >= 11 is 0. The van der Waals surface area contributed by atoms with E-state index in [2.05, 4.69) is 88.2 Å². The number of pyridine rings is 2. The lowest BCUT2D eigenvalue weighted by Gasteiger charge is -2.32. The molecule has 1 aliphatic carbocycles. The molecular formula is C30H42N6. The zero-order valence-electron chi connectivity index (χ0n) is 23.3. The third kappa shape index (κ3) is 4.45. The first-order valence-corrected chi connectivity index (χ1v) is 13.6. The molecule has 6 heteroatoms. The van der Waals surface area contributed by atoms with Crippen LogP contribution in [-0.4, -0.2) is 37.2 Å². The van der Waals surface area contributed by atoms with Crippen LogP contribution >= 0.6 is 0 Å². The van der Waals surface area contributed by atoms with Gasteiger partial charge in [0.25, 0.3) is 0 Å². The van der Waals surface area contributed by atoms with E-state index < -0.39 is 0 Å². The molecule has 0 radical (unpaired) electrons. The van der Waals surface area contributed by atoms with E-state index in [0.717, 1.165) is 17.7 Å². The van der Waals surface area contributed by atoms with E-state index in [9.17, 15) is 0 Å². The van der Waals surface area contributed by atoms with Crippen LogP contribution in [-0.2, 0) is 0 Å². The van der Waals surface area contributed by atoms with Crippen molar-refractivity contribution in [1.82, 2.24) is 29.9 Å². The first kappa shape index (κ1) is 24.9. The molecule has 6 nitrogen and oxygen atoms in total. The zero-order valence-corrected chi connectivity index (χ0v) is 23.3. The Morgan fingerprint density at radius 2 is 1.75 bits per heavy atom. The fraction of sp³-hybridized carbons (Fsp3) is 0.567. The van der Waals surface area contributed by atoms with Crippen molar-refractivity contribution in [3.8, 4) is 11.3 Å². The van der Waals surface area contributed by atoms with Gasteiger partial charge in [-0.3, -0.25) is 4.98 Å². The minimum atomic E-state index is 0.328. The number of aryl methyl sites for hydroxylation is 2. The van der Waals surface area contributed by atoms with E-state index in [4.69, 9.17) is 4.98 Å². The van der Waals surface area contributed by atoms with Crippen molar-refractivity contribution >= 4 is 16.6 Å². The minimum Gasteiger partial charge on any atom is -0.353 e. The molecule has 4 heterocycles. The molecule has 5 rings (SSSR count). The Balaban J connectivity index is 1.52. The molecule has 36 heavy (non-hydrogen) atoms. The third-order valence-corrected chi connectivity index (χ3v) is 8.17. The van der Waals surface area contributed by atoms with Gasteiger partial charge in [-0.2, -0.15) is 5.10 Å². The average molecular weight is 487 g/mol. The highest BCUT2D eigenvalue weighted by atomic mass is 15.3. The molecule has 0 spiro atoms. The normalized spacial score (nSPS) is 19.1. The third-order valence-electron chi connectivity index (χ3n) is 8.17. The van der Waals surface area contributed by atoms with Crippen LogP contribution in [0.25, 0.3) is 27.8 Å². The Bertz CT molecular complexity index is 1390. The summed E-state index contributed by atoms with van der Waals surface area (Å²) in [6.07, 6.45) is 10.7. The summed E-state index contributed by atoms with van der Waals surface area (Å²) in [5.41, 5.74) is 11.2. The lowest BCUT2D eigenvalue weighted by Crippen LogP contribution is -2.38. The molecule has 0 atom stereocenters. The van der Waals surface area contributed by atoms with Crippen LogP contribution in [0, 0.1) is 26.2 Å². The maximum Gasteiger partial charge on any atom is 0.158 e. The maximum absolute atomic E-state index is 5.05. The highest BCUT2D eigenvalue weighted by Crippen LogP contribution is 2.42. The van der Waals surface area contributed by atoms with Crippen molar-refractivity contribution in [3.63, 3.8) is 0 Å². The fourth-order valence-corrected chi connectivity index (χ4v) is 6.07. The molecule has 4 aromatic rings. The van der Waals surface area contributed by atoms with Crippen molar-refractivity contribution < 1.29 is 0 Å². The maximum atomic E-state index is 5.05. The molecule has 0 aliphatic heterocycles. The molecule has 0 aromatic carbocycles. The molecule has 1 aliphatic rings. The monoisotopic (exact) mass is 486 g/mol. The fourth-order valence-electron chi connectivity index (χ4n) is 6.07. The van der Waals surface area contributed by atoms with Gasteiger partial charge in [0.15, 0.2) is 5.65 Å². The van der Waals surface area contributed by atoms with Gasteiger partial charge in [0.2, 0.25) is 0 Å². The van der Waals surface area contributed by atoms with Crippen molar-refractivity contribution in [2.45, 2.75) is 99.0 Å². The molecule has 0 amide bonds. The average Bonchev–Trinajstić information content (AvgIpc) is 3.45. The minimum absolute atomic E-state index is 0.328. The quantitative estimate of drug-likeness (QED) is 0.319. The van der Waals surface area contributed by atoms with Crippen LogP contribution < -0.4 is 5.32 Å². The predicted octanol–water partition coefficient (Wildman–Crippen LogP) is 6.98. The van der Waals surface area contributed by atoms with Crippen molar-refractivity contribution in [3.05, 3.63) is 46.7 Å². The molecular weight excluding hydrogens is 444 g/mol. The second kappa shape index (κ2) is 9.29. The van der Waals surface area contributed by atoms with Gasteiger partial charge < -0.3 is 10.3 Å². The number of aromatic amines is 1. The van der Waals surface area contributed by atoms with Gasteiger partial charge in [0.05, 0.1) is 17.4 Å². The van der Waals surface area contributed by atoms with Crippen LogP contribution in [0.2, 0.25) is 0 Å². The SMILES string of the molecule is Cc1c(-c2[nH]c3cnc(C4CCC(NCC(C)(C)C)CC4)c(C)c3c2C(C)C)cn2ncnc2c1C. The van der Waals surface area contributed by atoms with E-state index in [-0.39, 0.29) is 0 Å². The number of H-pyrrole nitrogens is 1. The number of nitrogens with one attached hydrogen (secondary N) is 2. The second-order valence-corrected chi connectivity index (χ2v) is 12.4. The van der Waals surface area contributed by atoms with Crippen LogP contribution in [0.1, 0.15) is 100 Å². The molecule has 192 valence electrons. The molecule has 1 fully saturated rings. The van der Waals surface area contributed by atoms with Crippen LogP contribution in [0.15, 0.2) is 18.7 Å². The Hall–Kier alpha value is -2.73. The summed E-state index contributed by atoms with van der Waals surface area (Å²) in [7, 11) is 0. The van der Waals surface area contributed by atoms with E-state index >= 15 is 0 Å².